The summed E-state index contributed by atoms with van der Waals surface area (Å²) in [6.07, 6.45) is 1.74. The molecule has 4 nitrogen and oxygen atoms in total. The van der Waals surface area contributed by atoms with E-state index in [-0.39, 0.29) is 5.91 Å². The van der Waals surface area contributed by atoms with E-state index in [9.17, 15) is 9.59 Å². The van der Waals surface area contributed by atoms with Crippen molar-refractivity contribution in [3.05, 3.63) is 64.9 Å². The van der Waals surface area contributed by atoms with Gasteiger partial charge in [-0.2, -0.15) is 0 Å². The van der Waals surface area contributed by atoms with Crippen LogP contribution >= 0.6 is 0 Å². The predicted octanol–water partition coefficient (Wildman–Crippen LogP) is 2.80. The van der Waals surface area contributed by atoms with Crippen molar-refractivity contribution in [3.8, 4) is 0 Å². The van der Waals surface area contributed by atoms with Crippen LogP contribution in [0.3, 0.4) is 0 Å². The summed E-state index contributed by atoms with van der Waals surface area (Å²) >= 11 is 0. The van der Waals surface area contributed by atoms with Crippen LogP contribution in [0, 0.1) is 0 Å². The van der Waals surface area contributed by atoms with Crippen molar-refractivity contribution >= 4 is 28.7 Å². The van der Waals surface area contributed by atoms with Gasteiger partial charge in [-0.15, -0.1) is 0 Å². The number of rotatable bonds is 2. The van der Waals surface area contributed by atoms with E-state index in [4.69, 9.17) is 4.74 Å². The lowest BCUT2D eigenvalue weighted by Crippen LogP contribution is -2.15. The van der Waals surface area contributed by atoms with Crippen molar-refractivity contribution in [2.45, 2.75) is 6.92 Å². The maximum atomic E-state index is 12.1. The quantitative estimate of drug-likeness (QED) is 0.684. The first-order valence-corrected chi connectivity index (χ1v) is 6.92. The fraction of sp³-hybridized carbons (Fsp3) is 0.111. The van der Waals surface area contributed by atoms with Crippen LogP contribution in [0.2, 0.25) is 0 Å². The smallest absolute Gasteiger partial charge is 0.340 e. The Morgan fingerprint density at radius 2 is 1.86 bits per heavy atom. The molecule has 0 saturated carbocycles. The van der Waals surface area contributed by atoms with Crippen LogP contribution in [0.4, 0.5) is 0 Å². The molecule has 0 radical (unpaired) electrons. The van der Waals surface area contributed by atoms with Crippen LogP contribution in [-0.2, 0) is 14.3 Å². The summed E-state index contributed by atoms with van der Waals surface area (Å²) in [6.45, 7) is 1.69. The molecule has 1 aliphatic rings. The molecule has 0 unspecified atom stereocenters. The van der Waals surface area contributed by atoms with E-state index in [1.165, 1.54) is 7.11 Å². The number of carbonyl (C=O) groups is 2. The van der Waals surface area contributed by atoms with E-state index in [1.54, 1.807) is 13.0 Å². The molecule has 0 spiro atoms. The molecule has 1 N–H and O–H groups in total. The van der Waals surface area contributed by atoms with Crippen LogP contribution in [0.1, 0.15) is 12.5 Å². The summed E-state index contributed by atoms with van der Waals surface area (Å²) in [6, 6.07) is 13.8. The molecule has 2 aromatic carbocycles. The Morgan fingerprint density at radius 3 is 2.64 bits per heavy atom. The van der Waals surface area contributed by atoms with Gasteiger partial charge in [0.05, 0.1) is 18.3 Å². The van der Waals surface area contributed by atoms with Gasteiger partial charge in [0, 0.05) is 5.70 Å². The fourth-order valence-electron chi connectivity index (χ4n) is 2.65. The predicted molar refractivity (Wildman–Crippen MR) is 84.8 cm³/mol. The normalized spacial score (nSPS) is 16.3. The number of methoxy groups -OCH3 is 1. The van der Waals surface area contributed by atoms with Crippen molar-refractivity contribution in [2.24, 2.45) is 0 Å². The lowest BCUT2D eigenvalue weighted by atomic mass is 9.99. The SMILES string of the molecule is COC(=O)C1=C(C)NC(=O)/C1=C\c1cccc2ccccc12. The van der Waals surface area contributed by atoms with Crippen LogP contribution in [-0.4, -0.2) is 19.0 Å². The molecule has 110 valence electrons. The Labute approximate surface area is 128 Å². The Balaban J connectivity index is 2.17. The fourth-order valence-corrected chi connectivity index (χ4v) is 2.65. The highest BCUT2D eigenvalue weighted by atomic mass is 16.5. The summed E-state index contributed by atoms with van der Waals surface area (Å²) in [5.41, 5.74) is 2.03. The lowest BCUT2D eigenvalue weighted by Gasteiger charge is -2.05. The highest BCUT2D eigenvalue weighted by Gasteiger charge is 2.30. The minimum atomic E-state index is -0.512. The average molecular weight is 293 g/mol. The van der Waals surface area contributed by atoms with Gasteiger partial charge in [-0.3, -0.25) is 4.79 Å². The molecule has 1 heterocycles. The third kappa shape index (κ3) is 2.29. The second kappa shape index (κ2) is 5.48. The molecule has 0 bridgehead atoms. The Bertz CT molecular complexity index is 841. The Morgan fingerprint density at radius 1 is 1.14 bits per heavy atom. The maximum Gasteiger partial charge on any atom is 0.340 e. The van der Waals surface area contributed by atoms with Gasteiger partial charge in [0.2, 0.25) is 0 Å². The average Bonchev–Trinajstić information content (AvgIpc) is 2.81. The van der Waals surface area contributed by atoms with Gasteiger partial charge in [0.25, 0.3) is 5.91 Å². The van der Waals surface area contributed by atoms with Crippen LogP contribution < -0.4 is 5.32 Å². The molecule has 0 fully saturated rings. The zero-order valence-electron chi connectivity index (χ0n) is 12.3. The molecule has 0 saturated heterocycles. The summed E-state index contributed by atoms with van der Waals surface area (Å²) in [5, 5.41) is 4.78. The molecule has 3 rings (SSSR count). The first-order chi connectivity index (χ1) is 10.6. The first kappa shape index (κ1) is 14.1. The second-order valence-electron chi connectivity index (χ2n) is 5.07. The topological polar surface area (TPSA) is 55.4 Å². The number of amides is 1. The molecule has 0 aromatic heterocycles. The molecule has 0 aliphatic carbocycles. The summed E-state index contributed by atoms with van der Waals surface area (Å²) in [5.74, 6) is -0.798. The minimum Gasteiger partial charge on any atom is -0.465 e. The van der Waals surface area contributed by atoms with Crippen LogP contribution in [0.25, 0.3) is 16.8 Å². The van der Waals surface area contributed by atoms with E-state index in [1.807, 2.05) is 42.5 Å². The van der Waals surface area contributed by atoms with Crippen LogP contribution in [0.5, 0.6) is 0 Å². The number of benzene rings is 2. The van der Waals surface area contributed by atoms with Gasteiger partial charge in [0.1, 0.15) is 0 Å². The van der Waals surface area contributed by atoms with E-state index in [0.29, 0.717) is 16.8 Å². The number of ether oxygens (including phenoxy) is 1. The number of esters is 1. The molecule has 1 amide bonds. The highest BCUT2D eigenvalue weighted by molar-refractivity contribution is 6.17. The van der Waals surface area contributed by atoms with E-state index >= 15 is 0 Å². The first-order valence-electron chi connectivity index (χ1n) is 6.92. The van der Waals surface area contributed by atoms with E-state index < -0.39 is 5.97 Å². The molecule has 2 aromatic rings. The van der Waals surface area contributed by atoms with E-state index in [2.05, 4.69) is 5.32 Å². The van der Waals surface area contributed by atoms with E-state index in [0.717, 1.165) is 16.3 Å². The van der Waals surface area contributed by atoms with Crippen molar-refractivity contribution in [1.82, 2.24) is 5.32 Å². The van der Waals surface area contributed by atoms with Crippen molar-refractivity contribution in [1.29, 1.82) is 0 Å². The summed E-state index contributed by atoms with van der Waals surface area (Å²) in [4.78, 5) is 24.0. The minimum absolute atomic E-state index is 0.286. The maximum absolute atomic E-state index is 12.1. The molecular weight excluding hydrogens is 278 g/mol. The third-order valence-electron chi connectivity index (χ3n) is 3.70. The third-order valence-corrected chi connectivity index (χ3v) is 3.70. The van der Waals surface area contributed by atoms with Gasteiger partial charge < -0.3 is 10.1 Å². The Kier molecular flexibility index (Phi) is 3.51. The highest BCUT2D eigenvalue weighted by Crippen LogP contribution is 2.27. The van der Waals surface area contributed by atoms with Crippen molar-refractivity contribution in [2.75, 3.05) is 7.11 Å². The number of fused-ring (bicyclic) bond motifs is 1. The molecule has 1 aliphatic heterocycles. The number of hydrogen-bond donors (Lipinski definition) is 1. The largest absolute Gasteiger partial charge is 0.465 e. The van der Waals surface area contributed by atoms with Gasteiger partial charge in [-0.25, -0.2) is 4.79 Å². The lowest BCUT2D eigenvalue weighted by molar-refractivity contribution is -0.136. The monoisotopic (exact) mass is 293 g/mol. The van der Waals surface area contributed by atoms with Crippen LogP contribution in [0.15, 0.2) is 59.3 Å². The molecular formula is C18H15NO3. The van der Waals surface area contributed by atoms with Crippen molar-refractivity contribution in [3.63, 3.8) is 0 Å². The molecule has 4 heteroatoms. The Hall–Kier alpha value is -2.88. The summed E-state index contributed by atoms with van der Waals surface area (Å²) in [7, 11) is 1.31. The van der Waals surface area contributed by atoms with Gasteiger partial charge in [-0.1, -0.05) is 42.5 Å². The summed E-state index contributed by atoms with van der Waals surface area (Å²) < 4.78 is 4.78. The number of carbonyl (C=O) groups excluding carboxylic acids is 2. The number of nitrogens with one attached hydrogen (secondary N) is 1. The number of allylic oxidation sites excluding steroid dienone is 1. The van der Waals surface area contributed by atoms with Gasteiger partial charge >= 0.3 is 5.97 Å². The standard InChI is InChI=1S/C18H15NO3/c1-11-16(18(21)22-2)15(17(20)19-11)10-13-8-5-7-12-6-3-4-9-14(12)13/h3-10H,1-2H3,(H,19,20)/b15-10-. The molecule has 0 atom stereocenters. The zero-order valence-corrected chi connectivity index (χ0v) is 12.3. The second-order valence-corrected chi connectivity index (χ2v) is 5.07. The van der Waals surface area contributed by atoms with Gasteiger partial charge in [0.15, 0.2) is 0 Å². The zero-order chi connectivity index (χ0) is 15.7. The molecule has 22 heavy (non-hydrogen) atoms. The van der Waals surface area contributed by atoms with Gasteiger partial charge in [-0.05, 0) is 29.3 Å². The number of hydrogen-bond acceptors (Lipinski definition) is 3. The van der Waals surface area contributed by atoms with Crippen molar-refractivity contribution < 1.29 is 14.3 Å².